The second-order valence-electron chi connectivity index (χ2n) is 3.88. The molecule has 0 heterocycles. The van der Waals surface area contributed by atoms with Gasteiger partial charge in [0.15, 0.2) is 0 Å². The average molecular weight is 276 g/mol. The van der Waals surface area contributed by atoms with Crippen molar-refractivity contribution in [1.29, 1.82) is 0 Å². The maximum atomic E-state index is 5.97. The molecule has 0 saturated heterocycles. The Balaban J connectivity index is 2.51. The highest BCUT2D eigenvalue weighted by atomic mass is 79.9. The van der Waals surface area contributed by atoms with Crippen molar-refractivity contribution in [3.8, 4) is 11.1 Å². The van der Waals surface area contributed by atoms with Gasteiger partial charge in [0.25, 0.3) is 0 Å². The summed E-state index contributed by atoms with van der Waals surface area (Å²) in [4.78, 5) is 0. The highest BCUT2D eigenvalue weighted by molar-refractivity contribution is 9.10. The maximum absolute atomic E-state index is 5.97. The molecule has 0 fully saturated rings. The van der Waals surface area contributed by atoms with Crippen LogP contribution in [0.15, 0.2) is 53.0 Å². The van der Waals surface area contributed by atoms with Crippen LogP contribution in [0.5, 0.6) is 0 Å². The van der Waals surface area contributed by atoms with Gasteiger partial charge in [-0.1, -0.05) is 52.3 Å². The fraction of sp³-hybridized carbons (Fsp3) is 0.143. The van der Waals surface area contributed by atoms with E-state index in [2.05, 4.69) is 40.2 Å². The lowest BCUT2D eigenvalue weighted by Gasteiger charge is -2.12. The molecule has 82 valence electrons. The molecule has 1 nitrogen and oxygen atoms in total. The first kappa shape index (κ1) is 11.4. The Morgan fingerprint density at radius 2 is 1.62 bits per heavy atom. The first-order valence-corrected chi connectivity index (χ1v) is 6.08. The molecule has 16 heavy (non-hydrogen) atoms. The van der Waals surface area contributed by atoms with Crippen molar-refractivity contribution in [2.24, 2.45) is 5.73 Å². The summed E-state index contributed by atoms with van der Waals surface area (Å²) >= 11 is 3.44. The van der Waals surface area contributed by atoms with Crippen LogP contribution < -0.4 is 5.73 Å². The number of halogens is 1. The van der Waals surface area contributed by atoms with Crippen molar-refractivity contribution in [2.75, 3.05) is 0 Å². The quantitative estimate of drug-likeness (QED) is 0.876. The zero-order valence-electron chi connectivity index (χ0n) is 9.15. The van der Waals surface area contributed by atoms with Crippen molar-refractivity contribution in [2.45, 2.75) is 13.0 Å². The molecule has 1 unspecified atom stereocenters. The van der Waals surface area contributed by atoms with E-state index >= 15 is 0 Å². The smallest absolute Gasteiger partial charge is 0.0272 e. The monoisotopic (exact) mass is 275 g/mol. The number of benzene rings is 2. The van der Waals surface area contributed by atoms with Crippen LogP contribution in [-0.4, -0.2) is 0 Å². The largest absolute Gasteiger partial charge is 0.324 e. The third-order valence-electron chi connectivity index (χ3n) is 2.61. The van der Waals surface area contributed by atoms with Gasteiger partial charge in [-0.05, 0) is 35.7 Å². The molecule has 2 aromatic carbocycles. The lowest BCUT2D eigenvalue weighted by molar-refractivity contribution is 0.820. The predicted octanol–water partition coefficient (Wildman–Crippen LogP) is 4.14. The van der Waals surface area contributed by atoms with Crippen LogP contribution in [0.25, 0.3) is 11.1 Å². The van der Waals surface area contributed by atoms with Gasteiger partial charge in [-0.15, -0.1) is 0 Å². The van der Waals surface area contributed by atoms with E-state index < -0.39 is 0 Å². The summed E-state index contributed by atoms with van der Waals surface area (Å²) in [6.45, 7) is 2.01. The summed E-state index contributed by atoms with van der Waals surface area (Å²) < 4.78 is 1.09. The van der Waals surface area contributed by atoms with Crippen molar-refractivity contribution in [3.05, 3.63) is 58.6 Å². The average Bonchev–Trinajstić information content (AvgIpc) is 2.30. The normalized spacial score (nSPS) is 12.4. The molecule has 2 aromatic rings. The van der Waals surface area contributed by atoms with Crippen LogP contribution in [0.1, 0.15) is 18.5 Å². The Morgan fingerprint density at radius 3 is 2.25 bits per heavy atom. The lowest BCUT2D eigenvalue weighted by Crippen LogP contribution is -2.06. The maximum Gasteiger partial charge on any atom is 0.0272 e. The molecule has 0 spiro atoms. The molecule has 0 saturated carbocycles. The fourth-order valence-electron chi connectivity index (χ4n) is 1.79. The zero-order valence-corrected chi connectivity index (χ0v) is 10.7. The summed E-state index contributed by atoms with van der Waals surface area (Å²) in [7, 11) is 0. The second kappa shape index (κ2) is 4.81. The molecular weight excluding hydrogens is 262 g/mol. The molecule has 0 bridgehead atoms. The van der Waals surface area contributed by atoms with Gasteiger partial charge in [-0.25, -0.2) is 0 Å². The number of rotatable bonds is 2. The van der Waals surface area contributed by atoms with Crippen molar-refractivity contribution < 1.29 is 0 Å². The van der Waals surface area contributed by atoms with E-state index in [-0.39, 0.29) is 6.04 Å². The standard InChI is InChI=1S/C14H14BrN/c1-10(16)13-4-2-3-5-14(13)11-6-8-12(15)9-7-11/h2-10H,16H2,1H3. The van der Waals surface area contributed by atoms with E-state index in [9.17, 15) is 0 Å². The molecule has 2 heteroatoms. The van der Waals surface area contributed by atoms with E-state index in [1.54, 1.807) is 0 Å². The van der Waals surface area contributed by atoms with Crippen LogP contribution in [-0.2, 0) is 0 Å². The van der Waals surface area contributed by atoms with E-state index in [1.165, 1.54) is 16.7 Å². The highest BCUT2D eigenvalue weighted by Gasteiger charge is 2.07. The first-order valence-electron chi connectivity index (χ1n) is 5.29. The summed E-state index contributed by atoms with van der Waals surface area (Å²) in [5.41, 5.74) is 9.58. The van der Waals surface area contributed by atoms with Crippen LogP contribution >= 0.6 is 15.9 Å². The van der Waals surface area contributed by atoms with E-state index in [0.29, 0.717) is 0 Å². The fourth-order valence-corrected chi connectivity index (χ4v) is 2.05. The van der Waals surface area contributed by atoms with Crippen LogP contribution in [0.3, 0.4) is 0 Å². The molecule has 0 aliphatic heterocycles. The minimum absolute atomic E-state index is 0.0554. The molecule has 0 aromatic heterocycles. The molecule has 1 atom stereocenters. The summed E-state index contributed by atoms with van der Waals surface area (Å²) in [5, 5.41) is 0. The van der Waals surface area contributed by atoms with Gasteiger partial charge >= 0.3 is 0 Å². The molecule has 2 rings (SSSR count). The summed E-state index contributed by atoms with van der Waals surface area (Å²) in [6, 6.07) is 16.6. The number of hydrogen-bond acceptors (Lipinski definition) is 1. The second-order valence-corrected chi connectivity index (χ2v) is 4.80. The molecule has 0 radical (unpaired) electrons. The Hall–Kier alpha value is -1.12. The van der Waals surface area contributed by atoms with Gasteiger partial charge in [0, 0.05) is 10.5 Å². The summed E-state index contributed by atoms with van der Waals surface area (Å²) in [5.74, 6) is 0. The highest BCUT2D eigenvalue weighted by Crippen LogP contribution is 2.28. The lowest BCUT2D eigenvalue weighted by atomic mass is 9.96. The van der Waals surface area contributed by atoms with Gasteiger partial charge in [-0.2, -0.15) is 0 Å². The minimum atomic E-state index is 0.0554. The van der Waals surface area contributed by atoms with Crippen LogP contribution in [0, 0.1) is 0 Å². The van der Waals surface area contributed by atoms with Gasteiger partial charge in [0.05, 0.1) is 0 Å². The number of nitrogens with two attached hydrogens (primary N) is 1. The van der Waals surface area contributed by atoms with E-state index in [1.807, 2.05) is 31.2 Å². The SMILES string of the molecule is CC(N)c1ccccc1-c1ccc(Br)cc1. The molecule has 0 amide bonds. The molecule has 0 aliphatic carbocycles. The van der Waals surface area contributed by atoms with Gasteiger partial charge in [0.2, 0.25) is 0 Å². The Labute approximate surface area is 104 Å². The Bertz CT molecular complexity index is 474. The first-order chi connectivity index (χ1) is 7.68. The van der Waals surface area contributed by atoms with Crippen molar-refractivity contribution >= 4 is 15.9 Å². The molecular formula is C14H14BrN. The Kier molecular flexibility index (Phi) is 3.42. The minimum Gasteiger partial charge on any atom is -0.324 e. The van der Waals surface area contributed by atoms with E-state index in [0.717, 1.165) is 4.47 Å². The Morgan fingerprint density at radius 1 is 1.00 bits per heavy atom. The molecule has 2 N–H and O–H groups in total. The van der Waals surface area contributed by atoms with Crippen molar-refractivity contribution in [3.63, 3.8) is 0 Å². The van der Waals surface area contributed by atoms with Crippen LogP contribution in [0.2, 0.25) is 0 Å². The van der Waals surface area contributed by atoms with Gasteiger partial charge in [-0.3, -0.25) is 0 Å². The summed E-state index contributed by atoms with van der Waals surface area (Å²) in [6.07, 6.45) is 0. The van der Waals surface area contributed by atoms with Crippen LogP contribution in [0.4, 0.5) is 0 Å². The van der Waals surface area contributed by atoms with E-state index in [4.69, 9.17) is 5.73 Å². The molecule has 0 aliphatic rings. The zero-order chi connectivity index (χ0) is 11.5. The predicted molar refractivity (Wildman–Crippen MR) is 72.2 cm³/mol. The van der Waals surface area contributed by atoms with Gasteiger partial charge < -0.3 is 5.73 Å². The third-order valence-corrected chi connectivity index (χ3v) is 3.14. The van der Waals surface area contributed by atoms with Gasteiger partial charge in [0.1, 0.15) is 0 Å². The topological polar surface area (TPSA) is 26.0 Å². The number of hydrogen-bond donors (Lipinski definition) is 1. The third kappa shape index (κ3) is 2.34. The van der Waals surface area contributed by atoms with Crippen molar-refractivity contribution in [1.82, 2.24) is 0 Å².